The second kappa shape index (κ2) is 11.6. The molecule has 3 N–H and O–H groups in total. The van der Waals surface area contributed by atoms with Crippen molar-refractivity contribution in [2.45, 2.75) is 0 Å². The number of aromatic hydroxyl groups is 1. The Morgan fingerprint density at radius 1 is 0.837 bits per heavy atom. The predicted molar refractivity (Wildman–Crippen MR) is 170 cm³/mol. The number of halogens is 1. The van der Waals surface area contributed by atoms with Crippen LogP contribution in [0.25, 0.3) is 44.7 Å². The number of H-pyrrole nitrogens is 1. The van der Waals surface area contributed by atoms with Gasteiger partial charge in [0.05, 0.1) is 34.9 Å². The maximum absolute atomic E-state index is 10.6. The van der Waals surface area contributed by atoms with Gasteiger partial charge < -0.3 is 25.0 Å². The van der Waals surface area contributed by atoms with Crippen LogP contribution >= 0.6 is 11.6 Å². The molecular formula is C33H30ClN7O2. The summed E-state index contributed by atoms with van der Waals surface area (Å²) >= 11 is 6.57. The van der Waals surface area contributed by atoms with Gasteiger partial charge in [-0.15, -0.1) is 0 Å². The zero-order valence-corrected chi connectivity index (χ0v) is 24.2. The van der Waals surface area contributed by atoms with Gasteiger partial charge in [-0.1, -0.05) is 35.9 Å². The number of nitriles is 1. The number of nitrogens with zero attached hydrogens (tertiary/aromatic N) is 5. The average molecular weight is 592 g/mol. The second-order valence-corrected chi connectivity index (χ2v) is 11.1. The minimum atomic E-state index is 0.0430. The van der Waals surface area contributed by atoms with E-state index in [0.29, 0.717) is 27.5 Å². The zero-order valence-electron chi connectivity index (χ0n) is 23.5. The van der Waals surface area contributed by atoms with Gasteiger partial charge in [-0.25, -0.2) is 4.98 Å². The highest BCUT2D eigenvalue weighted by Crippen LogP contribution is 2.42. The Balaban J connectivity index is 1.40. The smallest absolute Gasteiger partial charge is 0.157 e. The van der Waals surface area contributed by atoms with Crippen molar-refractivity contribution in [3.05, 3.63) is 77.3 Å². The average Bonchev–Trinajstić information content (AvgIpc) is 3.48. The summed E-state index contributed by atoms with van der Waals surface area (Å²) in [5, 5.41) is 32.9. The molecule has 0 unspecified atom stereocenters. The van der Waals surface area contributed by atoms with Gasteiger partial charge in [-0.2, -0.15) is 10.4 Å². The first-order valence-electron chi connectivity index (χ1n) is 14.4. The molecule has 43 heavy (non-hydrogen) atoms. The van der Waals surface area contributed by atoms with Crippen molar-refractivity contribution in [3.8, 4) is 45.5 Å². The maximum Gasteiger partial charge on any atom is 0.157 e. The van der Waals surface area contributed by atoms with Crippen LogP contribution in [0, 0.1) is 11.3 Å². The van der Waals surface area contributed by atoms with Crippen LogP contribution in [0.3, 0.4) is 0 Å². The van der Waals surface area contributed by atoms with Crippen molar-refractivity contribution >= 4 is 34.0 Å². The first kappa shape index (κ1) is 27.2. The van der Waals surface area contributed by atoms with Crippen molar-refractivity contribution < 1.29 is 9.84 Å². The lowest BCUT2D eigenvalue weighted by Gasteiger charge is -2.29. The maximum atomic E-state index is 10.6. The van der Waals surface area contributed by atoms with E-state index in [9.17, 15) is 10.4 Å². The number of morpholine rings is 1. The molecule has 0 saturated carbocycles. The molecule has 0 amide bonds. The van der Waals surface area contributed by atoms with Crippen molar-refractivity contribution in [1.82, 2.24) is 20.5 Å². The van der Waals surface area contributed by atoms with Gasteiger partial charge in [0.2, 0.25) is 0 Å². The predicted octanol–water partition coefficient (Wildman–Crippen LogP) is 5.44. The number of rotatable bonds is 5. The number of piperazine rings is 1. The van der Waals surface area contributed by atoms with Crippen molar-refractivity contribution in [1.29, 1.82) is 5.26 Å². The Morgan fingerprint density at radius 3 is 2.14 bits per heavy atom. The van der Waals surface area contributed by atoms with E-state index in [1.54, 1.807) is 12.1 Å². The van der Waals surface area contributed by atoms with Crippen LogP contribution in [0.1, 0.15) is 5.56 Å². The lowest BCUT2D eigenvalue weighted by Crippen LogP contribution is -2.43. The quantitative estimate of drug-likeness (QED) is 0.248. The molecule has 0 aliphatic carbocycles. The summed E-state index contributed by atoms with van der Waals surface area (Å²) in [6.07, 6.45) is 0. The molecule has 0 atom stereocenters. The molecule has 2 saturated heterocycles. The number of phenols is 1. The van der Waals surface area contributed by atoms with Crippen molar-refractivity contribution in [3.63, 3.8) is 0 Å². The molecule has 2 aliphatic heterocycles. The fraction of sp³-hybridized carbons (Fsp3) is 0.242. The zero-order chi connectivity index (χ0) is 29.3. The third kappa shape index (κ3) is 5.14. The Kier molecular flexibility index (Phi) is 7.33. The minimum Gasteiger partial charge on any atom is -0.508 e. The largest absolute Gasteiger partial charge is 0.508 e. The van der Waals surface area contributed by atoms with Gasteiger partial charge in [0.1, 0.15) is 17.5 Å². The normalized spacial score (nSPS) is 15.5. The molecular weight excluding hydrogens is 562 g/mol. The molecule has 0 radical (unpaired) electrons. The third-order valence-electron chi connectivity index (χ3n) is 8.18. The van der Waals surface area contributed by atoms with Gasteiger partial charge in [0, 0.05) is 67.3 Å². The summed E-state index contributed by atoms with van der Waals surface area (Å²) < 4.78 is 5.51. The first-order valence-corrected chi connectivity index (χ1v) is 14.8. The van der Waals surface area contributed by atoms with E-state index in [1.165, 1.54) is 6.07 Å². The molecule has 9 nitrogen and oxygen atoms in total. The number of aromatic amines is 1. The summed E-state index contributed by atoms with van der Waals surface area (Å²) in [6.45, 7) is 6.94. The number of hydrogen-bond acceptors (Lipinski definition) is 8. The minimum absolute atomic E-state index is 0.0430. The Labute approximate surface area is 254 Å². The number of phenolic OH excluding ortho intramolecular Hbond substituents is 1. The molecule has 2 aliphatic rings. The van der Waals surface area contributed by atoms with Gasteiger partial charge in [-0.05, 0) is 48.0 Å². The number of anilines is 2. The van der Waals surface area contributed by atoms with Crippen LogP contribution in [0.5, 0.6) is 5.75 Å². The summed E-state index contributed by atoms with van der Waals surface area (Å²) in [7, 11) is 0. The van der Waals surface area contributed by atoms with Crippen molar-refractivity contribution in [2.75, 3.05) is 62.3 Å². The SMILES string of the molecule is N#Cc1c(-c2ccc(O)cc2Cl)nc2[nH]nc(-c3ccc(N4CCOCC4)cc3)c2c1-c1ccc(N2CCNCC2)cc1. The summed E-state index contributed by atoms with van der Waals surface area (Å²) in [5.41, 5.74) is 7.46. The number of ether oxygens (including phenoxy) is 1. The molecule has 2 aromatic heterocycles. The highest BCUT2D eigenvalue weighted by Gasteiger charge is 2.25. The van der Waals surface area contributed by atoms with E-state index in [2.05, 4.69) is 74.8 Å². The van der Waals surface area contributed by atoms with E-state index in [0.717, 1.165) is 91.6 Å². The van der Waals surface area contributed by atoms with E-state index < -0.39 is 0 Å². The lowest BCUT2D eigenvalue weighted by atomic mass is 9.92. The Bertz CT molecular complexity index is 1820. The molecule has 0 spiro atoms. The van der Waals surface area contributed by atoms with Crippen LogP contribution in [0.4, 0.5) is 11.4 Å². The number of fused-ring (bicyclic) bond motifs is 1. The number of benzene rings is 3. The van der Waals surface area contributed by atoms with Crippen LogP contribution in [-0.2, 0) is 4.74 Å². The van der Waals surface area contributed by atoms with Crippen molar-refractivity contribution in [2.24, 2.45) is 0 Å². The standard InChI is InChI=1S/C33H30ClN7O2/c34-28-19-25(42)9-10-26(28)32-27(20-35)29(21-1-5-23(6-2-21)40-13-11-36-12-14-40)30-31(38-39-33(30)37-32)22-3-7-24(8-4-22)41-15-17-43-18-16-41/h1-10,19,36,42H,11-18H2,(H,37,38,39). The molecule has 2 fully saturated rings. The monoisotopic (exact) mass is 591 g/mol. The molecule has 3 aromatic carbocycles. The molecule has 4 heterocycles. The Morgan fingerprint density at radius 2 is 1.49 bits per heavy atom. The summed E-state index contributed by atoms with van der Waals surface area (Å²) in [5.74, 6) is 0.0430. The highest BCUT2D eigenvalue weighted by atomic mass is 35.5. The molecule has 7 rings (SSSR count). The molecule has 5 aromatic rings. The van der Waals surface area contributed by atoms with Crippen LogP contribution in [0.15, 0.2) is 66.7 Å². The first-order chi connectivity index (χ1) is 21.1. The lowest BCUT2D eigenvalue weighted by molar-refractivity contribution is 0.122. The van der Waals surface area contributed by atoms with Crippen LogP contribution < -0.4 is 15.1 Å². The highest BCUT2D eigenvalue weighted by molar-refractivity contribution is 6.33. The summed E-state index contributed by atoms with van der Waals surface area (Å²) in [4.78, 5) is 9.54. The number of nitrogens with one attached hydrogen (secondary N) is 2. The number of hydrogen-bond donors (Lipinski definition) is 3. The van der Waals surface area contributed by atoms with Gasteiger partial charge in [0.25, 0.3) is 0 Å². The topological polar surface area (TPSA) is 113 Å². The third-order valence-corrected chi connectivity index (χ3v) is 8.50. The van der Waals surface area contributed by atoms with E-state index in [4.69, 9.17) is 26.4 Å². The second-order valence-electron chi connectivity index (χ2n) is 10.7. The van der Waals surface area contributed by atoms with Gasteiger partial charge in [0.15, 0.2) is 5.65 Å². The van der Waals surface area contributed by atoms with E-state index >= 15 is 0 Å². The molecule has 0 bridgehead atoms. The van der Waals surface area contributed by atoms with Gasteiger partial charge in [-0.3, -0.25) is 5.10 Å². The fourth-order valence-electron chi connectivity index (χ4n) is 5.97. The van der Waals surface area contributed by atoms with E-state index in [-0.39, 0.29) is 5.75 Å². The van der Waals surface area contributed by atoms with Gasteiger partial charge >= 0.3 is 0 Å². The van der Waals surface area contributed by atoms with E-state index in [1.807, 2.05) is 0 Å². The Hall–Kier alpha value is -4.62. The number of aromatic nitrogens is 3. The number of pyridine rings is 1. The van der Waals surface area contributed by atoms with Crippen LogP contribution in [0.2, 0.25) is 5.02 Å². The summed E-state index contributed by atoms with van der Waals surface area (Å²) in [6, 6.07) is 23.8. The molecule has 10 heteroatoms. The fourth-order valence-corrected chi connectivity index (χ4v) is 6.24. The molecule has 216 valence electrons. The van der Waals surface area contributed by atoms with Crippen LogP contribution in [-0.4, -0.2) is 72.8 Å².